The Bertz CT molecular complexity index is 955. The smallest absolute Gasteiger partial charge is 0.215 e. The molecule has 4 aromatic rings. The molecule has 2 aromatic carbocycles. The van der Waals surface area contributed by atoms with Gasteiger partial charge in [0.15, 0.2) is 5.58 Å². The summed E-state index contributed by atoms with van der Waals surface area (Å²) >= 11 is 0. The van der Waals surface area contributed by atoms with Crippen LogP contribution in [0.15, 0.2) is 53.1 Å². The number of nitrogens with zero attached hydrogens (tertiary/aromatic N) is 2. The number of aromatic nitrogens is 2. The van der Waals surface area contributed by atoms with Crippen LogP contribution in [-0.2, 0) is 6.54 Å². The molecule has 0 spiro atoms. The second-order valence-electron chi connectivity index (χ2n) is 4.95. The minimum atomic E-state index is -0.241. The second-order valence-corrected chi connectivity index (χ2v) is 4.95. The molecule has 0 fully saturated rings. The van der Waals surface area contributed by atoms with Gasteiger partial charge in [-0.15, -0.1) is 0 Å². The quantitative estimate of drug-likeness (QED) is 0.572. The van der Waals surface area contributed by atoms with Gasteiger partial charge < -0.3 is 14.7 Å². The minimum Gasteiger partial charge on any atom is -0.439 e. The number of nitrogens with two attached hydrogens (primary N) is 1. The molecule has 104 valence electrons. The highest BCUT2D eigenvalue weighted by atomic mass is 19.1. The number of halogens is 1. The number of oxazole rings is 1. The van der Waals surface area contributed by atoms with Crippen molar-refractivity contribution in [3.8, 4) is 0 Å². The van der Waals surface area contributed by atoms with E-state index in [0.29, 0.717) is 29.2 Å². The van der Waals surface area contributed by atoms with Crippen molar-refractivity contribution in [1.29, 1.82) is 0 Å². The first-order valence-electron chi connectivity index (χ1n) is 6.59. The Labute approximate surface area is 119 Å². The SMILES string of the molecule is Nc1cccc2oc(Cn3ccc4cc(F)ccc43)nc12. The van der Waals surface area contributed by atoms with Crippen molar-refractivity contribution in [2.45, 2.75) is 6.54 Å². The van der Waals surface area contributed by atoms with Crippen LogP contribution in [0.1, 0.15) is 5.89 Å². The van der Waals surface area contributed by atoms with E-state index in [2.05, 4.69) is 4.98 Å². The lowest BCUT2D eigenvalue weighted by atomic mass is 10.2. The number of fused-ring (bicyclic) bond motifs is 2. The monoisotopic (exact) mass is 281 g/mol. The highest BCUT2D eigenvalue weighted by molar-refractivity contribution is 5.85. The molecule has 5 heteroatoms. The molecule has 0 bridgehead atoms. The Morgan fingerprint density at radius 2 is 2.10 bits per heavy atom. The Kier molecular flexibility index (Phi) is 2.47. The van der Waals surface area contributed by atoms with Gasteiger partial charge in [0.2, 0.25) is 5.89 Å². The molecule has 4 nitrogen and oxygen atoms in total. The van der Waals surface area contributed by atoms with Gasteiger partial charge in [-0.05, 0) is 36.4 Å². The summed E-state index contributed by atoms with van der Waals surface area (Å²) in [4.78, 5) is 4.42. The van der Waals surface area contributed by atoms with Gasteiger partial charge in [0, 0.05) is 17.1 Å². The van der Waals surface area contributed by atoms with Crippen molar-refractivity contribution in [1.82, 2.24) is 9.55 Å². The fourth-order valence-corrected chi connectivity index (χ4v) is 2.54. The summed E-state index contributed by atoms with van der Waals surface area (Å²) in [6, 6.07) is 12.0. The average Bonchev–Trinajstić information content (AvgIpc) is 3.04. The zero-order valence-corrected chi connectivity index (χ0v) is 11.1. The Hall–Kier alpha value is -2.82. The topological polar surface area (TPSA) is 57.0 Å². The summed E-state index contributed by atoms with van der Waals surface area (Å²) in [5, 5.41) is 0.852. The van der Waals surface area contributed by atoms with Crippen LogP contribution in [0.2, 0.25) is 0 Å². The summed E-state index contributed by atoms with van der Waals surface area (Å²) in [7, 11) is 0. The predicted octanol–water partition coefficient (Wildman–Crippen LogP) is 3.55. The van der Waals surface area contributed by atoms with Gasteiger partial charge in [0.05, 0.1) is 12.2 Å². The van der Waals surface area contributed by atoms with Gasteiger partial charge in [-0.1, -0.05) is 6.07 Å². The summed E-state index contributed by atoms with van der Waals surface area (Å²) < 4.78 is 20.9. The Morgan fingerprint density at radius 3 is 2.95 bits per heavy atom. The number of nitrogen functional groups attached to an aromatic ring is 1. The number of anilines is 1. The lowest BCUT2D eigenvalue weighted by Gasteiger charge is -2.01. The van der Waals surface area contributed by atoms with E-state index in [9.17, 15) is 4.39 Å². The van der Waals surface area contributed by atoms with Gasteiger partial charge in [-0.3, -0.25) is 0 Å². The molecular weight excluding hydrogens is 269 g/mol. The van der Waals surface area contributed by atoms with Crippen molar-refractivity contribution in [3.05, 3.63) is 60.4 Å². The van der Waals surface area contributed by atoms with E-state index in [1.54, 1.807) is 12.1 Å². The van der Waals surface area contributed by atoms with Crippen LogP contribution < -0.4 is 5.73 Å². The molecular formula is C16H12FN3O. The van der Waals surface area contributed by atoms with E-state index in [1.165, 1.54) is 12.1 Å². The van der Waals surface area contributed by atoms with Gasteiger partial charge in [-0.2, -0.15) is 0 Å². The molecule has 21 heavy (non-hydrogen) atoms. The normalized spacial score (nSPS) is 11.5. The fraction of sp³-hybridized carbons (Fsp3) is 0.0625. The molecule has 4 rings (SSSR count). The van der Waals surface area contributed by atoms with Gasteiger partial charge >= 0.3 is 0 Å². The molecule has 0 atom stereocenters. The molecule has 0 radical (unpaired) electrons. The predicted molar refractivity (Wildman–Crippen MR) is 79.4 cm³/mol. The number of benzene rings is 2. The Balaban J connectivity index is 1.77. The van der Waals surface area contributed by atoms with Crippen LogP contribution in [-0.4, -0.2) is 9.55 Å². The number of hydrogen-bond donors (Lipinski definition) is 1. The minimum absolute atomic E-state index is 0.241. The Morgan fingerprint density at radius 1 is 1.19 bits per heavy atom. The molecule has 0 aliphatic heterocycles. The number of hydrogen-bond acceptors (Lipinski definition) is 3. The summed E-state index contributed by atoms with van der Waals surface area (Å²) in [5.74, 6) is 0.333. The van der Waals surface area contributed by atoms with E-state index in [0.717, 1.165) is 10.9 Å². The second kappa shape index (κ2) is 4.34. The molecule has 0 aliphatic rings. The highest BCUT2D eigenvalue weighted by Gasteiger charge is 2.10. The molecule has 0 aliphatic carbocycles. The van der Waals surface area contributed by atoms with Gasteiger partial charge in [-0.25, -0.2) is 9.37 Å². The van der Waals surface area contributed by atoms with E-state index in [1.807, 2.05) is 29.0 Å². The lowest BCUT2D eigenvalue weighted by Crippen LogP contribution is -1.98. The average molecular weight is 281 g/mol. The maximum atomic E-state index is 13.2. The van der Waals surface area contributed by atoms with Crippen molar-refractivity contribution in [3.63, 3.8) is 0 Å². The van der Waals surface area contributed by atoms with Gasteiger partial charge in [0.1, 0.15) is 11.3 Å². The summed E-state index contributed by atoms with van der Waals surface area (Å²) in [5.41, 5.74) is 8.76. The lowest BCUT2D eigenvalue weighted by molar-refractivity contribution is 0.513. The highest BCUT2D eigenvalue weighted by Crippen LogP contribution is 2.23. The molecule has 0 unspecified atom stereocenters. The third-order valence-corrected chi connectivity index (χ3v) is 3.53. The van der Waals surface area contributed by atoms with Crippen molar-refractivity contribution in [2.24, 2.45) is 0 Å². The van der Waals surface area contributed by atoms with Crippen LogP contribution in [0.3, 0.4) is 0 Å². The first kappa shape index (κ1) is 12.0. The van der Waals surface area contributed by atoms with Crippen molar-refractivity contribution in [2.75, 3.05) is 5.73 Å². The standard InChI is InChI=1S/C16H12FN3O/c17-11-4-5-13-10(8-11)6-7-20(13)9-15-19-16-12(18)2-1-3-14(16)21-15/h1-8H,9,18H2. The largest absolute Gasteiger partial charge is 0.439 e. The van der Waals surface area contributed by atoms with Crippen LogP contribution in [0.4, 0.5) is 10.1 Å². The van der Waals surface area contributed by atoms with Gasteiger partial charge in [0.25, 0.3) is 0 Å². The third-order valence-electron chi connectivity index (χ3n) is 3.53. The molecule has 0 saturated heterocycles. The summed E-state index contributed by atoms with van der Waals surface area (Å²) in [6.07, 6.45) is 1.89. The molecule has 0 amide bonds. The van der Waals surface area contributed by atoms with Crippen molar-refractivity contribution < 1.29 is 8.81 Å². The van der Waals surface area contributed by atoms with Crippen LogP contribution >= 0.6 is 0 Å². The van der Waals surface area contributed by atoms with E-state index in [4.69, 9.17) is 10.2 Å². The third kappa shape index (κ3) is 1.94. The van der Waals surface area contributed by atoms with E-state index in [-0.39, 0.29) is 5.82 Å². The van der Waals surface area contributed by atoms with Crippen LogP contribution in [0.5, 0.6) is 0 Å². The van der Waals surface area contributed by atoms with E-state index >= 15 is 0 Å². The molecule has 2 aromatic heterocycles. The number of para-hydroxylation sites is 1. The first-order chi connectivity index (χ1) is 10.2. The van der Waals surface area contributed by atoms with Crippen LogP contribution in [0, 0.1) is 5.82 Å². The van der Waals surface area contributed by atoms with E-state index < -0.39 is 0 Å². The zero-order valence-electron chi connectivity index (χ0n) is 11.1. The maximum Gasteiger partial charge on any atom is 0.215 e. The molecule has 2 heterocycles. The molecule has 2 N–H and O–H groups in total. The zero-order chi connectivity index (χ0) is 14.4. The summed E-state index contributed by atoms with van der Waals surface area (Å²) in [6.45, 7) is 0.475. The van der Waals surface area contributed by atoms with Crippen LogP contribution in [0.25, 0.3) is 22.0 Å². The molecule has 0 saturated carbocycles. The van der Waals surface area contributed by atoms with Crippen molar-refractivity contribution >= 4 is 27.7 Å². The fourth-order valence-electron chi connectivity index (χ4n) is 2.54. The number of rotatable bonds is 2. The first-order valence-corrected chi connectivity index (χ1v) is 6.59. The maximum absolute atomic E-state index is 13.2.